The minimum absolute atomic E-state index is 0.295. The number of hydrogen-bond donors (Lipinski definition) is 0. The van der Waals surface area contributed by atoms with E-state index in [-0.39, 0.29) is 0 Å². The van der Waals surface area contributed by atoms with Gasteiger partial charge in [0.2, 0.25) is 9.84 Å². The van der Waals surface area contributed by atoms with Crippen LogP contribution in [0, 0.1) is 6.92 Å². The molecule has 0 heterocycles. The number of benzene rings is 4. The molecule has 4 aromatic rings. The minimum atomic E-state index is -3.61. The van der Waals surface area contributed by atoms with Gasteiger partial charge in [0, 0.05) is 5.39 Å². The molecule has 0 bridgehead atoms. The van der Waals surface area contributed by atoms with Gasteiger partial charge in [-0.25, -0.2) is 8.42 Å². The van der Waals surface area contributed by atoms with Crippen LogP contribution in [0.2, 0.25) is 0 Å². The molecule has 0 aliphatic rings. The number of fused-ring (bicyclic) bond motifs is 1. The molecule has 0 saturated heterocycles. The Bertz CT molecular complexity index is 1260. The van der Waals surface area contributed by atoms with Crippen molar-refractivity contribution in [2.45, 2.75) is 23.1 Å². The Labute approximate surface area is 171 Å². The molecule has 0 N–H and O–H groups in total. The number of rotatable bonds is 5. The molecule has 4 rings (SSSR count). The van der Waals surface area contributed by atoms with E-state index in [0.29, 0.717) is 16.2 Å². The number of hydrogen-bond acceptors (Lipinski definition) is 3. The number of sulfone groups is 1. The van der Waals surface area contributed by atoms with Gasteiger partial charge in [0.05, 0.1) is 16.9 Å². The second-order valence-electron chi connectivity index (χ2n) is 7.12. The lowest BCUT2D eigenvalue weighted by molar-refractivity contribution is 0.419. The molecule has 4 heteroatoms. The SMILES string of the molecule is COc1cccc2cc(S(=O)(=O)c3ccccc3)cc(Cc3ccc(C)cc3)c12. The molecule has 0 atom stereocenters. The third-order valence-electron chi connectivity index (χ3n) is 5.09. The van der Waals surface area contributed by atoms with E-state index in [1.165, 1.54) is 5.56 Å². The van der Waals surface area contributed by atoms with Crippen molar-refractivity contribution in [3.8, 4) is 5.75 Å². The highest BCUT2D eigenvalue weighted by Gasteiger charge is 2.20. The second kappa shape index (κ2) is 7.72. The zero-order chi connectivity index (χ0) is 20.4. The van der Waals surface area contributed by atoms with Crippen molar-refractivity contribution >= 4 is 20.6 Å². The largest absolute Gasteiger partial charge is 0.496 e. The number of methoxy groups -OCH3 is 1. The van der Waals surface area contributed by atoms with E-state index in [4.69, 9.17) is 4.74 Å². The van der Waals surface area contributed by atoms with Crippen LogP contribution in [0.25, 0.3) is 10.8 Å². The van der Waals surface area contributed by atoms with Crippen molar-refractivity contribution < 1.29 is 13.2 Å². The highest BCUT2D eigenvalue weighted by Crippen LogP contribution is 2.34. The van der Waals surface area contributed by atoms with E-state index >= 15 is 0 Å². The predicted molar refractivity (Wildman–Crippen MR) is 116 cm³/mol. The monoisotopic (exact) mass is 402 g/mol. The molecule has 0 amide bonds. The van der Waals surface area contributed by atoms with Crippen molar-refractivity contribution in [3.05, 3.63) is 102 Å². The van der Waals surface area contributed by atoms with Crippen LogP contribution in [0.3, 0.4) is 0 Å². The number of aryl methyl sites for hydroxylation is 1. The Kier molecular flexibility index (Phi) is 5.12. The van der Waals surface area contributed by atoms with Crippen molar-refractivity contribution in [2.24, 2.45) is 0 Å². The average molecular weight is 403 g/mol. The van der Waals surface area contributed by atoms with E-state index in [2.05, 4.69) is 31.2 Å². The van der Waals surface area contributed by atoms with Gasteiger partial charge in [-0.1, -0.05) is 60.2 Å². The fraction of sp³-hybridized carbons (Fsp3) is 0.120. The molecule has 0 aliphatic carbocycles. The van der Waals surface area contributed by atoms with Gasteiger partial charge < -0.3 is 4.74 Å². The average Bonchev–Trinajstić information content (AvgIpc) is 2.75. The topological polar surface area (TPSA) is 43.4 Å². The quantitative estimate of drug-likeness (QED) is 0.438. The summed E-state index contributed by atoms with van der Waals surface area (Å²) in [5.41, 5.74) is 3.24. The van der Waals surface area contributed by atoms with Gasteiger partial charge in [0.1, 0.15) is 5.75 Å². The molecule has 4 aromatic carbocycles. The number of ether oxygens (including phenoxy) is 1. The predicted octanol–water partition coefficient (Wildman–Crippen LogP) is 5.58. The molecule has 0 radical (unpaired) electrons. The molecule has 3 nitrogen and oxygen atoms in total. The van der Waals surface area contributed by atoms with Crippen molar-refractivity contribution in [2.75, 3.05) is 7.11 Å². The Hall–Kier alpha value is -3.11. The van der Waals surface area contributed by atoms with Crippen molar-refractivity contribution in [1.82, 2.24) is 0 Å². The first kappa shape index (κ1) is 19.2. The Morgan fingerprint density at radius 2 is 1.52 bits per heavy atom. The maximum Gasteiger partial charge on any atom is 0.206 e. The lowest BCUT2D eigenvalue weighted by atomic mass is 9.97. The first-order valence-corrected chi connectivity index (χ1v) is 10.9. The molecule has 0 saturated carbocycles. The summed E-state index contributed by atoms with van der Waals surface area (Å²) in [7, 11) is -1.97. The molecular weight excluding hydrogens is 380 g/mol. The van der Waals surface area contributed by atoms with Gasteiger partial charge in [-0.3, -0.25) is 0 Å². The second-order valence-corrected chi connectivity index (χ2v) is 9.07. The summed E-state index contributed by atoms with van der Waals surface area (Å²) < 4.78 is 32.1. The van der Waals surface area contributed by atoms with E-state index < -0.39 is 9.84 Å². The first-order chi connectivity index (χ1) is 14.0. The Morgan fingerprint density at radius 1 is 0.793 bits per heavy atom. The van der Waals surface area contributed by atoms with Gasteiger partial charge in [0.25, 0.3) is 0 Å². The lowest BCUT2D eigenvalue weighted by Gasteiger charge is -2.14. The van der Waals surface area contributed by atoms with E-state index in [9.17, 15) is 8.42 Å². The third-order valence-corrected chi connectivity index (χ3v) is 6.84. The van der Waals surface area contributed by atoms with E-state index in [1.54, 1.807) is 43.5 Å². The molecule has 146 valence electrons. The van der Waals surface area contributed by atoms with E-state index in [1.807, 2.05) is 24.3 Å². The van der Waals surface area contributed by atoms with Gasteiger partial charge in [-0.15, -0.1) is 0 Å². The fourth-order valence-corrected chi connectivity index (χ4v) is 4.94. The molecule has 0 aromatic heterocycles. The standard InChI is InChI=1S/C25H22O3S/c1-18-11-13-19(14-12-18)15-21-17-23(29(26,27)22-8-4-3-5-9-22)16-20-7-6-10-24(28-2)25(20)21/h3-14,16-17H,15H2,1-2H3. The summed E-state index contributed by atoms with van der Waals surface area (Å²) in [6.45, 7) is 2.05. The molecule has 0 fully saturated rings. The fourth-order valence-electron chi connectivity index (χ4n) is 3.58. The van der Waals surface area contributed by atoms with Crippen molar-refractivity contribution in [3.63, 3.8) is 0 Å². The van der Waals surface area contributed by atoms with Crippen molar-refractivity contribution in [1.29, 1.82) is 0 Å². The summed E-state index contributed by atoms with van der Waals surface area (Å²) in [5.74, 6) is 0.744. The molecule has 0 aliphatic heterocycles. The summed E-state index contributed by atoms with van der Waals surface area (Å²) in [4.78, 5) is 0.593. The maximum atomic E-state index is 13.3. The summed E-state index contributed by atoms with van der Waals surface area (Å²) in [6, 6.07) is 26.1. The Morgan fingerprint density at radius 3 is 2.21 bits per heavy atom. The van der Waals surface area contributed by atoms with Crippen LogP contribution in [-0.4, -0.2) is 15.5 Å². The summed E-state index contributed by atoms with van der Waals surface area (Å²) in [6.07, 6.45) is 0.620. The smallest absolute Gasteiger partial charge is 0.206 e. The Balaban J connectivity index is 1.93. The maximum absolute atomic E-state index is 13.3. The van der Waals surface area contributed by atoms with Crippen LogP contribution >= 0.6 is 0 Å². The van der Waals surface area contributed by atoms with Crippen LogP contribution < -0.4 is 4.74 Å². The molecule has 0 spiro atoms. The molecule has 0 unspecified atom stereocenters. The highest BCUT2D eigenvalue weighted by atomic mass is 32.2. The minimum Gasteiger partial charge on any atom is -0.496 e. The molecular formula is C25H22O3S. The van der Waals surface area contributed by atoms with Gasteiger partial charge in [0.15, 0.2) is 0 Å². The summed E-state index contributed by atoms with van der Waals surface area (Å²) >= 11 is 0. The van der Waals surface area contributed by atoms with Crippen LogP contribution in [0.4, 0.5) is 0 Å². The van der Waals surface area contributed by atoms with Gasteiger partial charge >= 0.3 is 0 Å². The van der Waals surface area contributed by atoms with E-state index in [0.717, 1.165) is 27.6 Å². The van der Waals surface area contributed by atoms with Crippen LogP contribution in [0.5, 0.6) is 5.75 Å². The zero-order valence-electron chi connectivity index (χ0n) is 16.4. The molecule has 29 heavy (non-hydrogen) atoms. The third kappa shape index (κ3) is 3.76. The lowest BCUT2D eigenvalue weighted by Crippen LogP contribution is -2.04. The zero-order valence-corrected chi connectivity index (χ0v) is 17.2. The van der Waals surface area contributed by atoms with Crippen LogP contribution in [-0.2, 0) is 16.3 Å². The van der Waals surface area contributed by atoms with Crippen LogP contribution in [0.15, 0.2) is 94.7 Å². The van der Waals surface area contributed by atoms with Gasteiger partial charge in [-0.05, 0) is 60.2 Å². The van der Waals surface area contributed by atoms with Gasteiger partial charge in [-0.2, -0.15) is 0 Å². The first-order valence-electron chi connectivity index (χ1n) is 9.44. The summed E-state index contributed by atoms with van der Waals surface area (Å²) in [5, 5.41) is 1.80. The van der Waals surface area contributed by atoms with Crippen LogP contribution in [0.1, 0.15) is 16.7 Å². The highest BCUT2D eigenvalue weighted by molar-refractivity contribution is 7.91. The normalized spacial score (nSPS) is 11.5.